The van der Waals surface area contributed by atoms with Crippen molar-refractivity contribution in [3.8, 4) is 17.6 Å². The van der Waals surface area contributed by atoms with Gasteiger partial charge in [-0.25, -0.2) is 4.39 Å². The molecule has 0 aliphatic heterocycles. The van der Waals surface area contributed by atoms with Crippen LogP contribution in [0.15, 0.2) is 66.2 Å². The van der Waals surface area contributed by atoms with Crippen molar-refractivity contribution < 1.29 is 18.7 Å². The van der Waals surface area contributed by atoms with Crippen LogP contribution in [0.2, 0.25) is 0 Å². The number of amides is 1. The predicted octanol–water partition coefficient (Wildman–Crippen LogP) is 5.85. The molecule has 8 heteroatoms. The number of carbonyl (C=O) groups is 1. The number of halogens is 3. The van der Waals surface area contributed by atoms with Crippen molar-refractivity contribution >= 4 is 57.2 Å². The standard InChI is InChI=1S/C25H19FI2N2O3/c1-32-21-7-5-16(6-8-21)14-30-25(31)19(13-29)9-18-11-22(27)24(23(28)12-18)33-15-17-3-2-4-20(26)10-17/h2-12H,14-15H2,1H3,(H,30,31)/b19-9-. The molecule has 0 saturated heterocycles. The van der Waals surface area contributed by atoms with Crippen molar-refractivity contribution in [3.63, 3.8) is 0 Å². The molecule has 0 fully saturated rings. The van der Waals surface area contributed by atoms with E-state index < -0.39 is 5.91 Å². The number of ether oxygens (including phenoxy) is 2. The van der Waals surface area contributed by atoms with E-state index in [1.54, 1.807) is 25.3 Å². The summed E-state index contributed by atoms with van der Waals surface area (Å²) in [5.74, 6) is 0.635. The summed E-state index contributed by atoms with van der Waals surface area (Å²) in [4.78, 5) is 12.5. The molecule has 3 rings (SSSR count). The highest BCUT2D eigenvalue weighted by atomic mass is 127. The lowest BCUT2D eigenvalue weighted by atomic mass is 10.1. The number of nitrogens with zero attached hydrogens (tertiary/aromatic N) is 1. The monoisotopic (exact) mass is 668 g/mol. The molecular weight excluding hydrogens is 649 g/mol. The molecule has 0 radical (unpaired) electrons. The zero-order chi connectivity index (χ0) is 23.8. The van der Waals surface area contributed by atoms with E-state index in [9.17, 15) is 14.4 Å². The van der Waals surface area contributed by atoms with Gasteiger partial charge in [0.1, 0.15) is 35.6 Å². The smallest absolute Gasteiger partial charge is 0.262 e. The molecule has 5 nitrogen and oxygen atoms in total. The lowest BCUT2D eigenvalue weighted by Crippen LogP contribution is -2.23. The quantitative estimate of drug-likeness (QED) is 0.186. The molecule has 3 aromatic carbocycles. The van der Waals surface area contributed by atoms with Gasteiger partial charge in [0.05, 0.1) is 14.3 Å². The Balaban J connectivity index is 1.69. The van der Waals surface area contributed by atoms with Gasteiger partial charge in [-0.05, 0) is 104 Å². The summed E-state index contributed by atoms with van der Waals surface area (Å²) in [5.41, 5.74) is 2.33. The number of hydrogen-bond donors (Lipinski definition) is 1. The number of benzene rings is 3. The molecule has 168 valence electrons. The maximum atomic E-state index is 13.4. The molecule has 0 spiro atoms. The summed E-state index contributed by atoms with van der Waals surface area (Å²) >= 11 is 4.28. The molecule has 0 aromatic heterocycles. The summed E-state index contributed by atoms with van der Waals surface area (Å²) in [7, 11) is 1.59. The van der Waals surface area contributed by atoms with E-state index >= 15 is 0 Å². The molecule has 0 heterocycles. The van der Waals surface area contributed by atoms with Crippen LogP contribution in [0.3, 0.4) is 0 Å². The fraction of sp³-hybridized carbons (Fsp3) is 0.120. The fourth-order valence-corrected chi connectivity index (χ4v) is 5.05. The Morgan fingerprint density at radius 2 is 1.79 bits per heavy atom. The first-order valence-electron chi connectivity index (χ1n) is 9.79. The third kappa shape index (κ3) is 7.17. The van der Waals surface area contributed by atoms with Gasteiger partial charge in [-0.2, -0.15) is 5.26 Å². The van der Waals surface area contributed by atoms with Crippen LogP contribution in [-0.2, 0) is 17.9 Å². The predicted molar refractivity (Wildman–Crippen MR) is 141 cm³/mol. The molecule has 3 aromatic rings. The highest BCUT2D eigenvalue weighted by Gasteiger charge is 2.13. The number of nitrogens with one attached hydrogen (secondary N) is 1. The molecular formula is C25H19FI2N2O3. The zero-order valence-electron chi connectivity index (χ0n) is 17.6. The van der Waals surface area contributed by atoms with Crippen LogP contribution in [0.4, 0.5) is 4.39 Å². The SMILES string of the molecule is COc1ccc(CNC(=O)/C(C#N)=C\c2cc(I)c(OCc3cccc(F)c3)c(I)c2)cc1. The summed E-state index contributed by atoms with van der Waals surface area (Å²) < 4.78 is 26.0. The van der Waals surface area contributed by atoms with E-state index in [0.29, 0.717) is 17.9 Å². The van der Waals surface area contributed by atoms with Gasteiger partial charge in [-0.3, -0.25) is 4.79 Å². The van der Waals surface area contributed by atoms with E-state index in [-0.39, 0.29) is 18.0 Å². The largest absolute Gasteiger partial charge is 0.497 e. The number of methoxy groups -OCH3 is 1. The zero-order valence-corrected chi connectivity index (χ0v) is 21.9. The fourth-order valence-electron chi connectivity index (χ4n) is 2.92. The number of carbonyl (C=O) groups excluding carboxylic acids is 1. The van der Waals surface area contributed by atoms with Gasteiger partial charge in [0.25, 0.3) is 5.91 Å². The van der Waals surface area contributed by atoms with Gasteiger partial charge in [0, 0.05) is 6.54 Å². The van der Waals surface area contributed by atoms with Crippen molar-refractivity contribution in [2.45, 2.75) is 13.2 Å². The summed E-state index contributed by atoms with van der Waals surface area (Å²) in [5, 5.41) is 12.3. The van der Waals surface area contributed by atoms with Crippen LogP contribution >= 0.6 is 45.2 Å². The first kappa shape index (κ1) is 25.0. The molecule has 1 amide bonds. The average molecular weight is 668 g/mol. The van der Waals surface area contributed by atoms with E-state index in [2.05, 4.69) is 50.5 Å². The lowest BCUT2D eigenvalue weighted by molar-refractivity contribution is -0.117. The second-order valence-electron chi connectivity index (χ2n) is 6.93. The van der Waals surface area contributed by atoms with Crippen LogP contribution < -0.4 is 14.8 Å². The summed E-state index contributed by atoms with van der Waals surface area (Å²) in [6.45, 7) is 0.528. The summed E-state index contributed by atoms with van der Waals surface area (Å²) in [6, 6.07) is 19.2. The minimum atomic E-state index is -0.454. The first-order valence-corrected chi connectivity index (χ1v) is 11.9. The second kappa shape index (κ2) is 12.0. The van der Waals surface area contributed by atoms with Crippen molar-refractivity contribution in [3.05, 3.63) is 95.9 Å². The normalized spacial score (nSPS) is 10.9. The Morgan fingerprint density at radius 1 is 1.09 bits per heavy atom. The molecule has 0 unspecified atom stereocenters. The number of rotatable bonds is 8. The van der Waals surface area contributed by atoms with Gasteiger partial charge < -0.3 is 14.8 Å². The third-order valence-electron chi connectivity index (χ3n) is 4.58. The Hall–Kier alpha value is -2.65. The molecule has 0 atom stereocenters. The van der Waals surface area contributed by atoms with Crippen LogP contribution in [-0.4, -0.2) is 13.0 Å². The van der Waals surface area contributed by atoms with Crippen molar-refractivity contribution in [1.82, 2.24) is 5.32 Å². The Morgan fingerprint density at radius 3 is 2.39 bits per heavy atom. The minimum absolute atomic E-state index is 0.00328. The maximum absolute atomic E-state index is 13.4. The molecule has 0 bridgehead atoms. The highest BCUT2D eigenvalue weighted by molar-refractivity contribution is 14.1. The van der Waals surface area contributed by atoms with Crippen molar-refractivity contribution in [2.24, 2.45) is 0 Å². The molecule has 0 aliphatic carbocycles. The second-order valence-corrected chi connectivity index (χ2v) is 9.26. The lowest BCUT2D eigenvalue weighted by Gasteiger charge is -2.12. The molecule has 33 heavy (non-hydrogen) atoms. The summed E-state index contributed by atoms with van der Waals surface area (Å²) in [6.07, 6.45) is 1.55. The van der Waals surface area contributed by atoms with E-state index in [0.717, 1.165) is 24.0 Å². The van der Waals surface area contributed by atoms with Gasteiger partial charge in [0.2, 0.25) is 0 Å². The number of nitriles is 1. The molecule has 1 N–H and O–H groups in total. The van der Waals surface area contributed by atoms with Gasteiger partial charge in [0.15, 0.2) is 0 Å². The van der Waals surface area contributed by atoms with Gasteiger partial charge in [-0.15, -0.1) is 0 Å². The third-order valence-corrected chi connectivity index (χ3v) is 6.18. The minimum Gasteiger partial charge on any atom is -0.497 e. The van der Waals surface area contributed by atoms with Crippen LogP contribution in [0, 0.1) is 24.3 Å². The Kier molecular flexibility index (Phi) is 9.08. The van der Waals surface area contributed by atoms with E-state index in [1.165, 1.54) is 12.1 Å². The topological polar surface area (TPSA) is 71.3 Å². The van der Waals surface area contributed by atoms with Crippen LogP contribution in [0.25, 0.3) is 6.08 Å². The van der Waals surface area contributed by atoms with Gasteiger partial charge >= 0.3 is 0 Å². The maximum Gasteiger partial charge on any atom is 0.262 e. The Labute approximate surface area is 218 Å². The van der Waals surface area contributed by atoms with Crippen LogP contribution in [0.5, 0.6) is 11.5 Å². The van der Waals surface area contributed by atoms with E-state index in [4.69, 9.17) is 9.47 Å². The van der Waals surface area contributed by atoms with Crippen molar-refractivity contribution in [1.29, 1.82) is 5.26 Å². The van der Waals surface area contributed by atoms with E-state index in [1.807, 2.05) is 42.5 Å². The number of hydrogen-bond acceptors (Lipinski definition) is 4. The first-order chi connectivity index (χ1) is 15.9. The Bertz CT molecular complexity index is 1200. The average Bonchev–Trinajstić information content (AvgIpc) is 2.81. The molecule has 0 saturated carbocycles. The van der Waals surface area contributed by atoms with Crippen molar-refractivity contribution in [2.75, 3.05) is 7.11 Å². The van der Waals surface area contributed by atoms with Crippen LogP contribution in [0.1, 0.15) is 16.7 Å². The molecule has 0 aliphatic rings. The highest BCUT2D eigenvalue weighted by Crippen LogP contribution is 2.30. The van der Waals surface area contributed by atoms with Gasteiger partial charge in [-0.1, -0.05) is 24.3 Å².